The second-order valence-electron chi connectivity index (χ2n) is 2.99. The molecule has 1 heterocycles. The van der Waals surface area contributed by atoms with Crippen LogP contribution < -0.4 is 0 Å². The van der Waals surface area contributed by atoms with Gasteiger partial charge in [0, 0.05) is 12.7 Å². The van der Waals surface area contributed by atoms with E-state index < -0.39 is 0 Å². The van der Waals surface area contributed by atoms with Gasteiger partial charge in [0.15, 0.2) is 0 Å². The highest BCUT2D eigenvalue weighted by Gasteiger charge is 1.98. The van der Waals surface area contributed by atoms with Crippen LogP contribution in [-0.2, 0) is 6.54 Å². The molecule has 0 saturated carbocycles. The van der Waals surface area contributed by atoms with Crippen LogP contribution in [0.1, 0.15) is 18.2 Å². The maximum absolute atomic E-state index is 8.63. The molecule has 0 fully saturated rings. The van der Waals surface area contributed by atoms with Crippen molar-refractivity contribution in [1.82, 2.24) is 9.88 Å². The van der Waals surface area contributed by atoms with E-state index in [1.807, 2.05) is 25.2 Å². The Bertz CT molecular complexity index is 314. The third kappa shape index (κ3) is 2.85. The topological polar surface area (TPSA) is 39.9 Å². The van der Waals surface area contributed by atoms with Gasteiger partial charge in [-0.2, -0.15) is 5.26 Å². The van der Waals surface area contributed by atoms with Gasteiger partial charge >= 0.3 is 0 Å². The third-order valence-corrected chi connectivity index (χ3v) is 1.93. The number of rotatable bonds is 3. The van der Waals surface area contributed by atoms with Crippen LogP contribution in [0.4, 0.5) is 0 Å². The number of aromatic nitrogens is 1. The van der Waals surface area contributed by atoms with Crippen molar-refractivity contribution in [1.29, 1.82) is 5.26 Å². The van der Waals surface area contributed by atoms with E-state index in [2.05, 4.69) is 16.8 Å². The molecular formula is C10H13N3. The lowest BCUT2D eigenvalue weighted by Crippen LogP contribution is -2.16. The second-order valence-corrected chi connectivity index (χ2v) is 2.99. The molecule has 1 rings (SSSR count). The molecule has 0 amide bonds. The summed E-state index contributed by atoms with van der Waals surface area (Å²) in [5, 5.41) is 8.63. The largest absolute Gasteiger partial charge is 0.302 e. The first-order valence-corrected chi connectivity index (χ1v) is 4.30. The summed E-state index contributed by atoms with van der Waals surface area (Å²) in [6.07, 6.45) is 1.68. The van der Waals surface area contributed by atoms with Crippen LogP contribution in [-0.4, -0.2) is 23.5 Å². The molecular weight excluding hydrogens is 162 g/mol. The van der Waals surface area contributed by atoms with Gasteiger partial charge in [-0.25, -0.2) is 4.98 Å². The average molecular weight is 175 g/mol. The molecule has 3 heteroatoms. The van der Waals surface area contributed by atoms with Crippen molar-refractivity contribution in [2.24, 2.45) is 0 Å². The Morgan fingerprint density at radius 3 is 3.00 bits per heavy atom. The smallest absolute Gasteiger partial charge is 0.140 e. The van der Waals surface area contributed by atoms with Crippen molar-refractivity contribution < 1.29 is 0 Å². The molecule has 68 valence electrons. The molecule has 1 aromatic heterocycles. The van der Waals surface area contributed by atoms with E-state index in [0.717, 1.165) is 18.7 Å². The zero-order valence-electron chi connectivity index (χ0n) is 7.99. The van der Waals surface area contributed by atoms with Crippen molar-refractivity contribution in [2.75, 3.05) is 13.6 Å². The summed E-state index contributed by atoms with van der Waals surface area (Å²) in [4.78, 5) is 6.09. The quantitative estimate of drug-likeness (QED) is 0.697. The lowest BCUT2D eigenvalue weighted by atomic mass is 10.2. The van der Waals surface area contributed by atoms with Crippen LogP contribution in [0, 0.1) is 11.3 Å². The van der Waals surface area contributed by atoms with Crippen molar-refractivity contribution >= 4 is 0 Å². The Labute approximate surface area is 78.6 Å². The molecule has 0 aliphatic rings. The zero-order chi connectivity index (χ0) is 9.68. The molecule has 13 heavy (non-hydrogen) atoms. The molecule has 0 aliphatic carbocycles. The van der Waals surface area contributed by atoms with Gasteiger partial charge in [-0.15, -0.1) is 0 Å². The third-order valence-electron chi connectivity index (χ3n) is 1.93. The lowest BCUT2D eigenvalue weighted by molar-refractivity contribution is 0.345. The molecule has 0 aliphatic heterocycles. The van der Waals surface area contributed by atoms with Gasteiger partial charge in [0.2, 0.25) is 0 Å². The van der Waals surface area contributed by atoms with Crippen molar-refractivity contribution in [3.05, 3.63) is 29.6 Å². The van der Waals surface area contributed by atoms with E-state index in [0.29, 0.717) is 5.69 Å². The molecule has 0 saturated heterocycles. The second kappa shape index (κ2) is 4.58. The number of nitrogens with zero attached hydrogens (tertiary/aromatic N) is 3. The van der Waals surface area contributed by atoms with E-state index in [9.17, 15) is 0 Å². The molecule has 0 radical (unpaired) electrons. The van der Waals surface area contributed by atoms with Crippen molar-refractivity contribution in [3.8, 4) is 6.07 Å². The van der Waals surface area contributed by atoms with Crippen LogP contribution in [0.2, 0.25) is 0 Å². The standard InChI is InChI=1S/C10H13N3/c1-3-13(2)8-9-4-5-12-10(6-9)7-11/h4-6H,3,8H2,1-2H3. The lowest BCUT2D eigenvalue weighted by Gasteiger charge is -2.13. The Morgan fingerprint density at radius 2 is 2.38 bits per heavy atom. The predicted molar refractivity (Wildman–Crippen MR) is 51.0 cm³/mol. The summed E-state index contributed by atoms with van der Waals surface area (Å²) < 4.78 is 0. The van der Waals surface area contributed by atoms with E-state index in [-0.39, 0.29) is 0 Å². The summed E-state index contributed by atoms with van der Waals surface area (Å²) in [6, 6.07) is 5.79. The van der Waals surface area contributed by atoms with Crippen LogP contribution in [0.5, 0.6) is 0 Å². The van der Waals surface area contributed by atoms with Gasteiger partial charge in [-0.3, -0.25) is 0 Å². The molecule has 0 N–H and O–H groups in total. The highest BCUT2D eigenvalue weighted by atomic mass is 15.1. The fraction of sp³-hybridized carbons (Fsp3) is 0.400. The summed E-state index contributed by atoms with van der Waals surface area (Å²) in [5.41, 5.74) is 1.62. The molecule has 3 nitrogen and oxygen atoms in total. The summed E-state index contributed by atoms with van der Waals surface area (Å²) in [6.45, 7) is 3.98. The minimum absolute atomic E-state index is 0.488. The Kier molecular flexibility index (Phi) is 3.41. The van der Waals surface area contributed by atoms with Crippen LogP contribution >= 0.6 is 0 Å². The van der Waals surface area contributed by atoms with Gasteiger partial charge in [0.25, 0.3) is 0 Å². The van der Waals surface area contributed by atoms with Gasteiger partial charge in [-0.1, -0.05) is 6.92 Å². The van der Waals surface area contributed by atoms with Gasteiger partial charge in [0.1, 0.15) is 11.8 Å². The molecule has 0 spiro atoms. The van der Waals surface area contributed by atoms with E-state index in [1.165, 1.54) is 0 Å². The molecule has 0 atom stereocenters. The Balaban J connectivity index is 2.73. The molecule has 1 aromatic rings. The Morgan fingerprint density at radius 1 is 1.62 bits per heavy atom. The fourth-order valence-corrected chi connectivity index (χ4v) is 1.06. The first kappa shape index (κ1) is 9.69. The van der Waals surface area contributed by atoms with Crippen LogP contribution in [0.3, 0.4) is 0 Å². The summed E-state index contributed by atoms with van der Waals surface area (Å²) in [5.74, 6) is 0. The highest BCUT2D eigenvalue weighted by Crippen LogP contribution is 2.03. The normalized spacial score (nSPS) is 10.0. The van der Waals surface area contributed by atoms with Gasteiger partial charge in [-0.05, 0) is 31.3 Å². The fourth-order valence-electron chi connectivity index (χ4n) is 1.06. The van der Waals surface area contributed by atoms with Gasteiger partial charge < -0.3 is 4.90 Å². The number of pyridine rings is 1. The number of nitriles is 1. The molecule has 0 unspecified atom stereocenters. The van der Waals surface area contributed by atoms with Crippen LogP contribution in [0.15, 0.2) is 18.3 Å². The highest BCUT2D eigenvalue weighted by molar-refractivity contribution is 5.25. The minimum Gasteiger partial charge on any atom is -0.302 e. The van der Waals surface area contributed by atoms with Crippen LogP contribution in [0.25, 0.3) is 0 Å². The minimum atomic E-state index is 0.488. The average Bonchev–Trinajstić information content (AvgIpc) is 2.18. The van der Waals surface area contributed by atoms with Gasteiger partial charge in [0.05, 0.1) is 0 Å². The molecule has 0 aromatic carbocycles. The first-order valence-electron chi connectivity index (χ1n) is 4.30. The number of hydrogen-bond donors (Lipinski definition) is 0. The zero-order valence-corrected chi connectivity index (χ0v) is 7.99. The number of hydrogen-bond acceptors (Lipinski definition) is 3. The van der Waals surface area contributed by atoms with E-state index in [4.69, 9.17) is 5.26 Å². The maximum Gasteiger partial charge on any atom is 0.140 e. The van der Waals surface area contributed by atoms with E-state index >= 15 is 0 Å². The first-order chi connectivity index (χ1) is 6.26. The monoisotopic (exact) mass is 175 g/mol. The van der Waals surface area contributed by atoms with Crippen molar-refractivity contribution in [2.45, 2.75) is 13.5 Å². The van der Waals surface area contributed by atoms with E-state index in [1.54, 1.807) is 6.20 Å². The predicted octanol–water partition coefficient (Wildman–Crippen LogP) is 1.40. The summed E-state index contributed by atoms with van der Waals surface area (Å²) >= 11 is 0. The summed E-state index contributed by atoms with van der Waals surface area (Å²) in [7, 11) is 2.05. The molecule has 0 bridgehead atoms. The maximum atomic E-state index is 8.63. The Hall–Kier alpha value is -1.40. The SMILES string of the molecule is CCN(C)Cc1ccnc(C#N)c1. The van der Waals surface area contributed by atoms with Crippen molar-refractivity contribution in [3.63, 3.8) is 0 Å².